The lowest BCUT2D eigenvalue weighted by atomic mass is 10.2. The molecule has 0 radical (unpaired) electrons. The van der Waals surface area contributed by atoms with Crippen LogP contribution >= 0.6 is 0 Å². The molecule has 3 rings (SSSR count). The van der Waals surface area contributed by atoms with Crippen molar-refractivity contribution in [2.24, 2.45) is 0 Å². The number of nitrogen functional groups attached to an aromatic ring is 1. The fourth-order valence-electron chi connectivity index (χ4n) is 2.56. The van der Waals surface area contributed by atoms with Crippen LogP contribution in [0, 0.1) is 0 Å². The van der Waals surface area contributed by atoms with E-state index in [4.69, 9.17) is 5.73 Å². The molecule has 7 nitrogen and oxygen atoms in total. The van der Waals surface area contributed by atoms with Crippen molar-refractivity contribution in [1.82, 2.24) is 24.4 Å². The molecule has 1 aromatic carbocycles. The molecule has 3 aromatic rings. The third-order valence-electron chi connectivity index (χ3n) is 3.75. The summed E-state index contributed by atoms with van der Waals surface area (Å²) in [4.78, 5) is 14.7. The van der Waals surface area contributed by atoms with Crippen LogP contribution in [0.4, 0.5) is 5.82 Å². The summed E-state index contributed by atoms with van der Waals surface area (Å²) in [7, 11) is 0. The Kier molecular flexibility index (Phi) is 4.80. The molecule has 0 atom stereocenters. The summed E-state index contributed by atoms with van der Waals surface area (Å²) < 4.78 is 1.96. The van der Waals surface area contributed by atoms with E-state index in [1.165, 1.54) is 11.9 Å². The quantitative estimate of drug-likeness (QED) is 0.673. The minimum Gasteiger partial charge on any atom is -0.395 e. The van der Waals surface area contributed by atoms with Gasteiger partial charge in [0.05, 0.1) is 12.9 Å². The van der Waals surface area contributed by atoms with E-state index in [0.29, 0.717) is 17.9 Å². The molecule has 0 aliphatic carbocycles. The van der Waals surface area contributed by atoms with Crippen molar-refractivity contribution in [3.05, 3.63) is 48.5 Å². The molecular formula is C16H20N6O. The molecule has 23 heavy (non-hydrogen) atoms. The third-order valence-corrected chi connectivity index (χ3v) is 3.75. The van der Waals surface area contributed by atoms with Crippen LogP contribution in [0.3, 0.4) is 0 Å². The van der Waals surface area contributed by atoms with Gasteiger partial charge in [-0.2, -0.15) is 0 Å². The molecule has 0 fully saturated rings. The van der Waals surface area contributed by atoms with Gasteiger partial charge in [0.15, 0.2) is 11.5 Å². The largest absolute Gasteiger partial charge is 0.395 e. The number of hydrogen-bond donors (Lipinski definition) is 2. The van der Waals surface area contributed by atoms with E-state index >= 15 is 0 Å². The fraction of sp³-hybridized carbons (Fsp3) is 0.312. The first-order valence-electron chi connectivity index (χ1n) is 7.56. The second-order valence-electron chi connectivity index (χ2n) is 5.35. The first-order chi connectivity index (χ1) is 11.3. The smallest absolute Gasteiger partial charge is 0.165 e. The number of rotatable bonds is 7. The highest BCUT2D eigenvalue weighted by molar-refractivity contribution is 5.81. The Morgan fingerprint density at radius 2 is 1.91 bits per heavy atom. The SMILES string of the molecule is Nc1ncnc2c1ncn2CCN(CCO)Cc1ccccc1. The average Bonchev–Trinajstić information content (AvgIpc) is 2.98. The summed E-state index contributed by atoms with van der Waals surface area (Å²) in [5, 5.41) is 9.28. The summed E-state index contributed by atoms with van der Waals surface area (Å²) in [5.74, 6) is 0.394. The lowest BCUT2D eigenvalue weighted by Gasteiger charge is -2.21. The van der Waals surface area contributed by atoms with Crippen LogP contribution in [-0.2, 0) is 13.1 Å². The number of imidazole rings is 1. The van der Waals surface area contributed by atoms with E-state index in [1.807, 2.05) is 22.8 Å². The maximum Gasteiger partial charge on any atom is 0.165 e. The van der Waals surface area contributed by atoms with Crippen molar-refractivity contribution < 1.29 is 5.11 Å². The summed E-state index contributed by atoms with van der Waals surface area (Å²) in [6.45, 7) is 3.06. The minimum absolute atomic E-state index is 0.132. The second kappa shape index (κ2) is 7.17. The normalized spacial score (nSPS) is 11.4. The molecule has 2 heterocycles. The minimum atomic E-state index is 0.132. The average molecular weight is 312 g/mol. The lowest BCUT2D eigenvalue weighted by molar-refractivity contribution is 0.186. The number of hydrogen-bond acceptors (Lipinski definition) is 6. The van der Waals surface area contributed by atoms with Crippen LogP contribution in [0.15, 0.2) is 43.0 Å². The summed E-state index contributed by atoms with van der Waals surface area (Å²) in [6, 6.07) is 10.2. The van der Waals surface area contributed by atoms with Gasteiger partial charge in [-0.05, 0) is 5.56 Å². The van der Waals surface area contributed by atoms with Crippen molar-refractivity contribution >= 4 is 17.0 Å². The van der Waals surface area contributed by atoms with Crippen molar-refractivity contribution in [3.8, 4) is 0 Å². The Labute approximate surface area is 134 Å². The number of fused-ring (bicyclic) bond motifs is 1. The van der Waals surface area contributed by atoms with E-state index in [9.17, 15) is 5.11 Å². The number of aliphatic hydroxyl groups is 1. The molecule has 0 saturated heterocycles. The van der Waals surface area contributed by atoms with Gasteiger partial charge in [0.25, 0.3) is 0 Å². The molecule has 0 bridgehead atoms. The zero-order valence-corrected chi connectivity index (χ0v) is 12.8. The molecular weight excluding hydrogens is 292 g/mol. The molecule has 0 spiro atoms. The van der Waals surface area contributed by atoms with Gasteiger partial charge in [0, 0.05) is 26.2 Å². The van der Waals surface area contributed by atoms with Gasteiger partial charge in [0.2, 0.25) is 0 Å². The van der Waals surface area contributed by atoms with Gasteiger partial charge in [0.1, 0.15) is 11.8 Å². The standard InChI is InChI=1S/C16H20N6O/c17-15-14-16(19-11-18-15)22(12-20-14)7-6-21(8-9-23)10-13-4-2-1-3-5-13/h1-5,11-12,23H,6-10H2,(H2,17,18,19). The number of anilines is 1. The Balaban J connectivity index is 1.69. The highest BCUT2D eigenvalue weighted by Crippen LogP contribution is 2.14. The zero-order chi connectivity index (χ0) is 16.1. The highest BCUT2D eigenvalue weighted by Gasteiger charge is 2.10. The zero-order valence-electron chi connectivity index (χ0n) is 12.8. The van der Waals surface area contributed by atoms with Crippen molar-refractivity contribution in [2.75, 3.05) is 25.4 Å². The van der Waals surface area contributed by atoms with Crippen molar-refractivity contribution in [3.63, 3.8) is 0 Å². The summed E-state index contributed by atoms with van der Waals surface area (Å²) in [5.41, 5.74) is 8.40. The predicted molar refractivity (Wildman–Crippen MR) is 88.5 cm³/mol. The second-order valence-corrected chi connectivity index (χ2v) is 5.35. The maximum absolute atomic E-state index is 9.28. The van der Waals surface area contributed by atoms with Crippen LogP contribution in [0.1, 0.15) is 5.56 Å². The molecule has 0 aliphatic rings. The van der Waals surface area contributed by atoms with Gasteiger partial charge in [-0.1, -0.05) is 30.3 Å². The molecule has 0 saturated carbocycles. The van der Waals surface area contributed by atoms with Gasteiger partial charge in [-0.15, -0.1) is 0 Å². The van der Waals surface area contributed by atoms with Crippen LogP contribution in [-0.4, -0.2) is 49.2 Å². The monoisotopic (exact) mass is 312 g/mol. The number of benzene rings is 1. The van der Waals surface area contributed by atoms with Crippen LogP contribution in [0.5, 0.6) is 0 Å². The topological polar surface area (TPSA) is 93.1 Å². The van der Waals surface area contributed by atoms with Gasteiger partial charge in [-0.3, -0.25) is 4.90 Å². The molecule has 0 aliphatic heterocycles. The Hall–Kier alpha value is -2.51. The molecule has 0 amide bonds. The Bertz CT molecular complexity index is 758. The molecule has 3 N–H and O–H groups in total. The summed E-state index contributed by atoms with van der Waals surface area (Å²) >= 11 is 0. The maximum atomic E-state index is 9.28. The number of aromatic nitrogens is 4. The molecule has 0 unspecified atom stereocenters. The third kappa shape index (κ3) is 3.64. The van der Waals surface area contributed by atoms with Crippen molar-refractivity contribution in [1.29, 1.82) is 0 Å². The van der Waals surface area contributed by atoms with Gasteiger partial charge in [-0.25, -0.2) is 15.0 Å². The molecule has 7 heteroatoms. The van der Waals surface area contributed by atoms with E-state index in [0.717, 1.165) is 25.3 Å². The van der Waals surface area contributed by atoms with Crippen molar-refractivity contribution in [2.45, 2.75) is 13.1 Å². The lowest BCUT2D eigenvalue weighted by Crippen LogP contribution is -2.30. The van der Waals surface area contributed by atoms with Gasteiger partial charge < -0.3 is 15.4 Å². The van der Waals surface area contributed by atoms with E-state index in [1.54, 1.807) is 6.33 Å². The summed E-state index contributed by atoms with van der Waals surface area (Å²) in [6.07, 6.45) is 3.18. The van der Waals surface area contributed by atoms with E-state index in [2.05, 4.69) is 32.0 Å². The van der Waals surface area contributed by atoms with E-state index < -0.39 is 0 Å². The predicted octanol–water partition coefficient (Wildman–Crippen LogP) is 0.903. The molecule has 2 aromatic heterocycles. The Morgan fingerprint density at radius 1 is 1.09 bits per heavy atom. The first-order valence-corrected chi connectivity index (χ1v) is 7.56. The Morgan fingerprint density at radius 3 is 2.70 bits per heavy atom. The van der Waals surface area contributed by atoms with Crippen LogP contribution < -0.4 is 5.73 Å². The van der Waals surface area contributed by atoms with Crippen LogP contribution in [0.2, 0.25) is 0 Å². The van der Waals surface area contributed by atoms with Crippen LogP contribution in [0.25, 0.3) is 11.2 Å². The number of nitrogens with zero attached hydrogens (tertiary/aromatic N) is 5. The molecule has 120 valence electrons. The highest BCUT2D eigenvalue weighted by atomic mass is 16.3. The number of aliphatic hydroxyl groups excluding tert-OH is 1. The van der Waals surface area contributed by atoms with E-state index in [-0.39, 0.29) is 6.61 Å². The number of nitrogens with two attached hydrogens (primary N) is 1. The first kappa shape index (κ1) is 15.4. The van der Waals surface area contributed by atoms with Gasteiger partial charge >= 0.3 is 0 Å². The fourth-order valence-corrected chi connectivity index (χ4v) is 2.56.